The molecule has 0 spiro atoms. The largest absolute Gasteiger partial charge is 0.492 e. The van der Waals surface area contributed by atoms with Crippen molar-refractivity contribution in [2.24, 2.45) is 7.05 Å². The lowest BCUT2D eigenvalue weighted by atomic mass is 10.2. The standard InChI is InChI=1S/C18H18N2O3S/c1-13-5-7-15(8-6-13)23-11-10-20-17(21)16(24-18(20)22)12-14-4-3-9-19(14)2/h3-9,12H,10-11H2,1-2H3/b16-12-. The Kier molecular flexibility index (Phi) is 4.76. The normalized spacial score (nSPS) is 16.2. The van der Waals surface area contributed by atoms with E-state index in [9.17, 15) is 9.59 Å². The molecule has 2 aromatic rings. The quantitative estimate of drug-likeness (QED) is 0.781. The number of ether oxygens (including phenoxy) is 1. The molecule has 2 heterocycles. The van der Waals surface area contributed by atoms with Gasteiger partial charge in [-0.15, -0.1) is 0 Å². The van der Waals surface area contributed by atoms with Gasteiger partial charge in [-0.3, -0.25) is 14.5 Å². The van der Waals surface area contributed by atoms with E-state index in [-0.39, 0.29) is 24.3 Å². The lowest BCUT2D eigenvalue weighted by Gasteiger charge is -2.13. The Morgan fingerprint density at radius 2 is 1.92 bits per heavy atom. The van der Waals surface area contributed by atoms with E-state index in [1.165, 1.54) is 4.90 Å². The van der Waals surface area contributed by atoms with Crippen LogP contribution in [0.2, 0.25) is 0 Å². The summed E-state index contributed by atoms with van der Waals surface area (Å²) in [4.78, 5) is 26.1. The molecule has 0 radical (unpaired) electrons. The van der Waals surface area contributed by atoms with Crippen molar-refractivity contribution in [2.45, 2.75) is 6.92 Å². The number of imide groups is 1. The lowest BCUT2D eigenvalue weighted by molar-refractivity contribution is -0.123. The minimum Gasteiger partial charge on any atom is -0.492 e. The zero-order valence-electron chi connectivity index (χ0n) is 13.6. The van der Waals surface area contributed by atoms with Crippen molar-refractivity contribution in [3.05, 3.63) is 58.8 Å². The van der Waals surface area contributed by atoms with Gasteiger partial charge in [-0.05, 0) is 49.0 Å². The van der Waals surface area contributed by atoms with Crippen molar-refractivity contribution in [1.29, 1.82) is 0 Å². The summed E-state index contributed by atoms with van der Waals surface area (Å²) in [7, 11) is 1.89. The first-order chi connectivity index (χ1) is 11.5. The first kappa shape index (κ1) is 16.4. The van der Waals surface area contributed by atoms with Crippen LogP contribution in [0.3, 0.4) is 0 Å². The van der Waals surface area contributed by atoms with Gasteiger partial charge in [-0.1, -0.05) is 17.7 Å². The van der Waals surface area contributed by atoms with E-state index in [0.717, 1.165) is 28.8 Å². The maximum absolute atomic E-state index is 12.4. The topological polar surface area (TPSA) is 51.5 Å². The van der Waals surface area contributed by atoms with Crippen molar-refractivity contribution < 1.29 is 14.3 Å². The summed E-state index contributed by atoms with van der Waals surface area (Å²) >= 11 is 0.967. The van der Waals surface area contributed by atoms with E-state index in [1.54, 1.807) is 6.08 Å². The second kappa shape index (κ2) is 6.97. The third kappa shape index (κ3) is 3.54. The first-order valence-electron chi connectivity index (χ1n) is 7.61. The number of hydrogen-bond donors (Lipinski definition) is 0. The van der Waals surface area contributed by atoms with Crippen LogP contribution in [0.15, 0.2) is 47.5 Å². The van der Waals surface area contributed by atoms with Crippen LogP contribution in [0.25, 0.3) is 6.08 Å². The molecule has 1 aliphatic rings. The van der Waals surface area contributed by atoms with Crippen molar-refractivity contribution >= 4 is 29.0 Å². The molecule has 1 aromatic heterocycles. The van der Waals surface area contributed by atoms with Crippen LogP contribution in [0.5, 0.6) is 5.75 Å². The number of aryl methyl sites for hydroxylation is 2. The van der Waals surface area contributed by atoms with Crippen molar-refractivity contribution in [3.63, 3.8) is 0 Å². The Balaban J connectivity index is 1.61. The number of hydrogen-bond acceptors (Lipinski definition) is 4. The van der Waals surface area contributed by atoms with Crippen molar-refractivity contribution in [2.75, 3.05) is 13.2 Å². The van der Waals surface area contributed by atoms with Crippen molar-refractivity contribution in [1.82, 2.24) is 9.47 Å². The molecule has 2 amide bonds. The van der Waals surface area contributed by atoms with Gasteiger partial charge in [0.05, 0.1) is 11.4 Å². The highest BCUT2D eigenvalue weighted by atomic mass is 32.2. The van der Waals surface area contributed by atoms with E-state index < -0.39 is 0 Å². The van der Waals surface area contributed by atoms with Gasteiger partial charge in [-0.2, -0.15) is 0 Å². The van der Waals surface area contributed by atoms with E-state index in [1.807, 2.05) is 61.1 Å². The van der Waals surface area contributed by atoms with Crippen LogP contribution >= 0.6 is 11.8 Å². The Hall–Kier alpha value is -2.47. The summed E-state index contributed by atoms with van der Waals surface area (Å²) in [6.45, 7) is 2.52. The average Bonchev–Trinajstić information content (AvgIpc) is 3.07. The summed E-state index contributed by atoms with van der Waals surface area (Å²) in [6, 6.07) is 11.5. The number of amides is 2. The molecule has 5 nitrogen and oxygen atoms in total. The molecular weight excluding hydrogens is 324 g/mol. The highest BCUT2D eigenvalue weighted by molar-refractivity contribution is 8.18. The molecule has 0 bridgehead atoms. The monoisotopic (exact) mass is 342 g/mol. The number of nitrogens with zero attached hydrogens (tertiary/aromatic N) is 2. The number of rotatable bonds is 5. The summed E-state index contributed by atoms with van der Waals surface area (Å²) < 4.78 is 7.50. The smallest absolute Gasteiger partial charge is 0.293 e. The minimum atomic E-state index is -0.265. The van der Waals surface area contributed by atoms with Gasteiger partial charge in [-0.25, -0.2) is 0 Å². The molecule has 1 saturated heterocycles. The molecule has 1 aliphatic heterocycles. The summed E-state index contributed by atoms with van der Waals surface area (Å²) in [5.41, 5.74) is 2.04. The molecule has 124 valence electrons. The second-order valence-electron chi connectivity index (χ2n) is 5.54. The zero-order chi connectivity index (χ0) is 17.1. The lowest BCUT2D eigenvalue weighted by Crippen LogP contribution is -2.32. The van der Waals surface area contributed by atoms with Gasteiger partial charge in [0.15, 0.2) is 0 Å². The molecule has 0 atom stereocenters. The molecule has 0 saturated carbocycles. The van der Waals surface area contributed by atoms with Crippen LogP contribution < -0.4 is 4.74 Å². The molecule has 0 unspecified atom stereocenters. The SMILES string of the molecule is Cc1ccc(OCCN2C(=O)S/C(=C\c3cccn3C)C2=O)cc1. The van der Waals surface area contributed by atoms with Gasteiger partial charge in [0.2, 0.25) is 0 Å². The molecule has 0 N–H and O–H groups in total. The fourth-order valence-electron chi connectivity index (χ4n) is 2.34. The van der Waals surface area contributed by atoms with E-state index in [2.05, 4.69) is 0 Å². The number of benzene rings is 1. The van der Waals surface area contributed by atoms with Crippen LogP contribution in [0, 0.1) is 6.92 Å². The maximum Gasteiger partial charge on any atom is 0.293 e. The van der Waals surface area contributed by atoms with Crippen LogP contribution in [0.1, 0.15) is 11.3 Å². The fourth-order valence-corrected chi connectivity index (χ4v) is 3.19. The second-order valence-corrected chi connectivity index (χ2v) is 6.53. The first-order valence-corrected chi connectivity index (χ1v) is 8.42. The minimum absolute atomic E-state index is 0.239. The number of carbonyl (C=O) groups excluding carboxylic acids is 2. The predicted molar refractivity (Wildman–Crippen MR) is 94.8 cm³/mol. The Morgan fingerprint density at radius 1 is 1.17 bits per heavy atom. The van der Waals surface area contributed by atoms with Crippen LogP contribution in [-0.4, -0.2) is 33.8 Å². The fraction of sp³-hybridized carbons (Fsp3) is 0.222. The third-order valence-electron chi connectivity index (χ3n) is 3.74. The Bertz CT molecular complexity index is 793. The van der Waals surface area contributed by atoms with E-state index in [4.69, 9.17) is 4.74 Å². The molecule has 1 aromatic carbocycles. The summed E-state index contributed by atoms with van der Waals surface area (Å²) in [5.74, 6) is 0.464. The molecule has 3 rings (SSSR count). The van der Waals surface area contributed by atoms with Gasteiger partial charge in [0, 0.05) is 18.9 Å². The number of thioether (sulfide) groups is 1. The van der Waals surface area contributed by atoms with Crippen LogP contribution in [-0.2, 0) is 11.8 Å². The van der Waals surface area contributed by atoms with Gasteiger partial charge in [0.25, 0.3) is 11.1 Å². The van der Waals surface area contributed by atoms with Gasteiger partial charge < -0.3 is 9.30 Å². The zero-order valence-corrected chi connectivity index (χ0v) is 14.4. The van der Waals surface area contributed by atoms with Crippen LogP contribution in [0.4, 0.5) is 4.79 Å². The Labute approximate surface area is 144 Å². The number of carbonyl (C=O) groups is 2. The summed E-state index contributed by atoms with van der Waals surface area (Å²) in [6.07, 6.45) is 3.64. The maximum atomic E-state index is 12.4. The van der Waals surface area contributed by atoms with Gasteiger partial charge >= 0.3 is 0 Å². The highest BCUT2D eigenvalue weighted by Crippen LogP contribution is 2.32. The highest BCUT2D eigenvalue weighted by Gasteiger charge is 2.34. The molecule has 6 heteroatoms. The molecular formula is C18H18N2O3S. The molecule has 1 fully saturated rings. The van der Waals surface area contributed by atoms with E-state index >= 15 is 0 Å². The molecule has 0 aliphatic carbocycles. The third-order valence-corrected chi connectivity index (χ3v) is 4.65. The van der Waals surface area contributed by atoms with Gasteiger partial charge in [0.1, 0.15) is 12.4 Å². The van der Waals surface area contributed by atoms with E-state index in [0.29, 0.717) is 4.91 Å². The molecule has 24 heavy (non-hydrogen) atoms. The number of aromatic nitrogens is 1. The average molecular weight is 342 g/mol. The summed E-state index contributed by atoms with van der Waals surface area (Å²) in [5, 5.41) is -0.257. The van der Waals surface area contributed by atoms with Crippen molar-refractivity contribution in [3.8, 4) is 5.75 Å². The predicted octanol–water partition coefficient (Wildman–Crippen LogP) is 3.45. The Morgan fingerprint density at radius 3 is 2.58 bits per heavy atom.